The Labute approximate surface area is 148 Å². The van der Waals surface area contributed by atoms with Crippen LogP contribution in [0.3, 0.4) is 0 Å². The molecule has 2 aromatic rings. The van der Waals surface area contributed by atoms with Gasteiger partial charge in [-0.3, -0.25) is 9.78 Å². The average molecular weight is 339 g/mol. The molecule has 1 amide bonds. The molecule has 0 aliphatic carbocycles. The minimum atomic E-state index is -0.0596. The summed E-state index contributed by atoms with van der Waals surface area (Å²) in [6.45, 7) is 2.59. The number of amides is 1. The molecule has 2 atom stereocenters. The molecule has 2 fully saturated rings. The SMILES string of the molecule is CN1CCC[C@]2(CO)CCN(C(=O)c3nccc4ccccc34)C[C@@H]12. The van der Waals surface area contributed by atoms with E-state index in [0.717, 1.165) is 36.6 Å². The molecule has 1 aromatic carbocycles. The summed E-state index contributed by atoms with van der Waals surface area (Å²) in [7, 11) is 2.11. The minimum absolute atomic E-state index is 0.00214. The summed E-state index contributed by atoms with van der Waals surface area (Å²) in [6.07, 6.45) is 4.73. The van der Waals surface area contributed by atoms with Crippen LogP contribution < -0.4 is 0 Å². The summed E-state index contributed by atoms with van der Waals surface area (Å²) < 4.78 is 0. The number of likely N-dealkylation sites (N-methyl/N-ethyl adjacent to an activating group) is 1. The lowest BCUT2D eigenvalue weighted by Crippen LogP contribution is -2.62. The van der Waals surface area contributed by atoms with Crippen molar-refractivity contribution in [3.05, 3.63) is 42.2 Å². The maximum absolute atomic E-state index is 13.2. The van der Waals surface area contributed by atoms with Crippen molar-refractivity contribution in [1.29, 1.82) is 0 Å². The molecule has 5 heteroatoms. The van der Waals surface area contributed by atoms with Crippen molar-refractivity contribution in [2.75, 3.05) is 33.3 Å². The lowest BCUT2D eigenvalue weighted by Gasteiger charge is -2.53. The van der Waals surface area contributed by atoms with E-state index >= 15 is 0 Å². The van der Waals surface area contributed by atoms with Gasteiger partial charge in [0.1, 0.15) is 5.69 Å². The average Bonchev–Trinajstić information content (AvgIpc) is 2.67. The third kappa shape index (κ3) is 2.71. The van der Waals surface area contributed by atoms with Gasteiger partial charge in [-0.25, -0.2) is 0 Å². The first kappa shape index (κ1) is 16.5. The number of aliphatic hydroxyl groups is 1. The number of carbonyl (C=O) groups is 1. The van der Waals surface area contributed by atoms with Crippen molar-refractivity contribution in [3.63, 3.8) is 0 Å². The van der Waals surface area contributed by atoms with Crippen molar-refractivity contribution < 1.29 is 9.90 Å². The van der Waals surface area contributed by atoms with Crippen molar-refractivity contribution in [2.24, 2.45) is 5.41 Å². The molecule has 1 N–H and O–H groups in total. The number of likely N-dealkylation sites (tertiary alicyclic amines) is 2. The Hall–Kier alpha value is -1.98. The summed E-state index contributed by atoms with van der Waals surface area (Å²) in [6, 6.07) is 10.1. The number of rotatable bonds is 2. The number of carbonyl (C=O) groups excluding carboxylic acids is 1. The first-order valence-electron chi connectivity index (χ1n) is 9.09. The fourth-order valence-corrected chi connectivity index (χ4v) is 4.64. The first-order valence-corrected chi connectivity index (χ1v) is 9.09. The first-order chi connectivity index (χ1) is 12.1. The van der Waals surface area contributed by atoms with Crippen molar-refractivity contribution in [3.8, 4) is 0 Å². The van der Waals surface area contributed by atoms with Gasteiger partial charge in [-0.2, -0.15) is 0 Å². The van der Waals surface area contributed by atoms with E-state index in [1.54, 1.807) is 6.20 Å². The van der Waals surface area contributed by atoms with Gasteiger partial charge in [0.25, 0.3) is 5.91 Å². The molecule has 0 saturated carbocycles. The Morgan fingerprint density at radius 3 is 2.96 bits per heavy atom. The fourth-order valence-electron chi connectivity index (χ4n) is 4.64. The number of hydrogen-bond acceptors (Lipinski definition) is 4. The normalized spacial score (nSPS) is 27.3. The highest BCUT2D eigenvalue weighted by Crippen LogP contribution is 2.41. The van der Waals surface area contributed by atoms with Gasteiger partial charge in [0.05, 0.1) is 6.61 Å². The third-order valence-electron chi connectivity index (χ3n) is 6.18. The highest BCUT2D eigenvalue weighted by molar-refractivity contribution is 6.05. The third-order valence-corrected chi connectivity index (χ3v) is 6.18. The lowest BCUT2D eigenvalue weighted by atomic mass is 9.69. The van der Waals surface area contributed by atoms with E-state index in [1.807, 2.05) is 35.2 Å². The van der Waals surface area contributed by atoms with Gasteiger partial charge in [0.2, 0.25) is 0 Å². The molecule has 0 unspecified atom stereocenters. The largest absolute Gasteiger partial charge is 0.396 e. The zero-order valence-corrected chi connectivity index (χ0v) is 14.7. The van der Waals surface area contributed by atoms with E-state index in [4.69, 9.17) is 0 Å². The minimum Gasteiger partial charge on any atom is -0.396 e. The Kier molecular flexibility index (Phi) is 4.21. The Morgan fingerprint density at radius 2 is 2.12 bits per heavy atom. The van der Waals surface area contributed by atoms with Crippen LogP contribution in [0.5, 0.6) is 0 Å². The van der Waals surface area contributed by atoms with Gasteiger partial charge < -0.3 is 14.9 Å². The highest BCUT2D eigenvalue weighted by atomic mass is 16.3. The van der Waals surface area contributed by atoms with Gasteiger partial charge in [0.15, 0.2) is 0 Å². The number of fused-ring (bicyclic) bond motifs is 2. The number of hydrogen-bond donors (Lipinski definition) is 1. The molecule has 1 aromatic heterocycles. The predicted molar refractivity (Wildman–Crippen MR) is 97.4 cm³/mol. The van der Waals surface area contributed by atoms with Crippen molar-refractivity contribution in [2.45, 2.75) is 25.3 Å². The smallest absolute Gasteiger partial charge is 0.273 e. The van der Waals surface area contributed by atoms with E-state index in [-0.39, 0.29) is 24.0 Å². The Bertz CT molecular complexity index is 788. The maximum atomic E-state index is 13.2. The van der Waals surface area contributed by atoms with E-state index in [0.29, 0.717) is 18.8 Å². The second-order valence-electron chi connectivity index (χ2n) is 7.50. The predicted octanol–water partition coefficient (Wildman–Crippen LogP) is 2.15. The topological polar surface area (TPSA) is 56.7 Å². The van der Waals surface area contributed by atoms with Crippen LogP contribution in [0.15, 0.2) is 36.5 Å². The van der Waals surface area contributed by atoms with E-state index < -0.39 is 0 Å². The molecule has 5 nitrogen and oxygen atoms in total. The van der Waals surface area contributed by atoms with E-state index in [9.17, 15) is 9.90 Å². The van der Waals surface area contributed by atoms with E-state index in [1.165, 1.54) is 0 Å². The fraction of sp³-hybridized carbons (Fsp3) is 0.500. The standard InChI is InChI=1S/C20H25N3O2/c1-22-11-4-8-20(14-24)9-12-23(13-17(20)22)19(25)18-16-6-3-2-5-15(16)7-10-21-18/h2-3,5-7,10,17,24H,4,8-9,11-14H2,1H3/t17-,20-/m1/s1. The molecule has 132 valence electrons. The van der Waals surface area contributed by atoms with Gasteiger partial charge in [-0.15, -0.1) is 0 Å². The molecule has 3 heterocycles. The summed E-state index contributed by atoms with van der Waals surface area (Å²) >= 11 is 0. The molecule has 2 aliphatic rings. The Morgan fingerprint density at radius 1 is 1.28 bits per heavy atom. The van der Waals surface area contributed by atoms with Crippen LogP contribution in [0, 0.1) is 5.41 Å². The number of piperidine rings is 2. The van der Waals surface area contributed by atoms with Gasteiger partial charge in [-0.05, 0) is 44.3 Å². The van der Waals surface area contributed by atoms with Crippen LogP contribution in [0.4, 0.5) is 0 Å². The summed E-state index contributed by atoms with van der Waals surface area (Å²) in [5.41, 5.74) is 0.476. The quantitative estimate of drug-likeness (QED) is 0.911. The number of pyridine rings is 1. The second-order valence-corrected chi connectivity index (χ2v) is 7.50. The molecule has 0 radical (unpaired) electrons. The van der Waals surface area contributed by atoms with Crippen LogP contribution in [0.25, 0.3) is 10.8 Å². The van der Waals surface area contributed by atoms with E-state index in [2.05, 4.69) is 16.9 Å². The number of benzene rings is 1. The molecule has 2 aliphatic heterocycles. The zero-order chi connectivity index (χ0) is 17.4. The van der Waals surface area contributed by atoms with Crippen molar-refractivity contribution in [1.82, 2.24) is 14.8 Å². The van der Waals surface area contributed by atoms with Crippen molar-refractivity contribution >= 4 is 16.7 Å². The van der Waals surface area contributed by atoms with Gasteiger partial charge >= 0.3 is 0 Å². The molecule has 4 rings (SSSR count). The van der Waals surface area contributed by atoms with Crippen LogP contribution in [0.2, 0.25) is 0 Å². The molecule has 25 heavy (non-hydrogen) atoms. The van der Waals surface area contributed by atoms with Crippen LogP contribution in [0.1, 0.15) is 29.8 Å². The van der Waals surface area contributed by atoms with Crippen LogP contribution in [-0.4, -0.2) is 65.1 Å². The summed E-state index contributed by atoms with van der Waals surface area (Å²) in [4.78, 5) is 21.8. The molecule has 0 bridgehead atoms. The van der Waals surface area contributed by atoms with Gasteiger partial charge in [-0.1, -0.05) is 24.3 Å². The number of aliphatic hydroxyl groups excluding tert-OH is 1. The lowest BCUT2D eigenvalue weighted by molar-refractivity contribution is -0.0601. The molecule has 2 saturated heterocycles. The maximum Gasteiger partial charge on any atom is 0.273 e. The number of nitrogens with zero attached hydrogens (tertiary/aromatic N) is 3. The zero-order valence-electron chi connectivity index (χ0n) is 14.7. The Balaban J connectivity index is 1.63. The summed E-state index contributed by atoms with van der Waals surface area (Å²) in [5.74, 6) is 0.00214. The molecular formula is C20H25N3O2. The second kappa shape index (κ2) is 6.39. The monoisotopic (exact) mass is 339 g/mol. The molecular weight excluding hydrogens is 314 g/mol. The van der Waals surface area contributed by atoms with Crippen LogP contribution in [-0.2, 0) is 0 Å². The van der Waals surface area contributed by atoms with Crippen LogP contribution >= 0.6 is 0 Å². The molecule has 0 spiro atoms. The number of aromatic nitrogens is 1. The summed E-state index contributed by atoms with van der Waals surface area (Å²) in [5, 5.41) is 12.0. The van der Waals surface area contributed by atoms with Gasteiger partial charge in [0, 0.05) is 36.1 Å². The highest BCUT2D eigenvalue weighted by Gasteiger charge is 2.47.